The Morgan fingerprint density at radius 3 is 2.26 bits per heavy atom. The zero-order valence-electron chi connectivity index (χ0n) is 20.4. The molecule has 0 aromatic heterocycles. The molecule has 0 radical (unpaired) electrons. The SMILES string of the molecule is C[C@@H]1CC[C@@H](C(C)(C)c2ccccc2)[C@H](OC(=O)[C@@H]2OC23CCC(C(C)(C)C)CC3)C1. The predicted octanol–water partition coefficient (Wildman–Crippen LogP) is 6.69. The Kier molecular flexibility index (Phi) is 6.05. The molecule has 1 aromatic rings. The third-order valence-electron chi connectivity index (χ3n) is 8.81. The molecule has 3 heteroatoms. The lowest BCUT2D eigenvalue weighted by Gasteiger charge is -2.44. The second kappa shape index (κ2) is 8.21. The molecule has 0 N–H and O–H groups in total. The molecule has 1 spiro atoms. The fraction of sp³-hybridized carbons (Fsp3) is 0.750. The van der Waals surface area contributed by atoms with Gasteiger partial charge in [-0.15, -0.1) is 0 Å². The van der Waals surface area contributed by atoms with Crippen LogP contribution in [0.25, 0.3) is 0 Å². The summed E-state index contributed by atoms with van der Waals surface area (Å²) in [6.45, 7) is 13.9. The molecular weight excluding hydrogens is 384 g/mol. The minimum atomic E-state index is -0.342. The largest absolute Gasteiger partial charge is 0.460 e. The molecule has 3 fully saturated rings. The Hall–Kier alpha value is -1.35. The fourth-order valence-corrected chi connectivity index (χ4v) is 6.39. The van der Waals surface area contributed by atoms with Gasteiger partial charge in [0.2, 0.25) is 0 Å². The first-order valence-corrected chi connectivity index (χ1v) is 12.5. The van der Waals surface area contributed by atoms with Gasteiger partial charge in [-0.3, -0.25) is 0 Å². The van der Waals surface area contributed by atoms with Crippen molar-refractivity contribution in [3.05, 3.63) is 35.9 Å². The van der Waals surface area contributed by atoms with E-state index in [-0.39, 0.29) is 29.2 Å². The van der Waals surface area contributed by atoms with E-state index < -0.39 is 0 Å². The van der Waals surface area contributed by atoms with Gasteiger partial charge in [0.1, 0.15) is 11.7 Å². The minimum Gasteiger partial charge on any atom is -0.460 e. The Balaban J connectivity index is 1.42. The summed E-state index contributed by atoms with van der Waals surface area (Å²) in [5, 5.41) is 0. The van der Waals surface area contributed by atoms with Crippen molar-refractivity contribution in [2.24, 2.45) is 23.2 Å². The predicted molar refractivity (Wildman–Crippen MR) is 125 cm³/mol. The second-order valence-electron chi connectivity index (χ2n) is 12.3. The van der Waals surface area contributed by atoms with E-state index in [1.165, 1.54) is 12.0 Å². The lowest BCUT2D eigenvalue weighted by atomic mass is 9.64. The van der Waals surface area contributed by atoms with Gasteiger partial charge in [0.15, 0.2) is 6.10 Å². The van der Waals surface area contributed by atoms with Crippen molar-refractivity contribution in [2.75, 3.05) is 0 Å². The van der Waals surface area contributed by atoms with Gasteiger partial charge < -0.3 is 9.47 Å². The molecule has 4 rings (SSSR count). The summed E-state index contributed by atoms with van der Waals surface area (Å²) in [4.78, 5) is 13.2. The Bertz CT molecular complexity index is 767. The zero-order valence-corrected chi connectivity index (χ0v) is 20.4. The summed E-state index contributed by atoms with van der Waals surface area (Å²) in [6.07, 6.45) is 7.18. The summed E-state index contributed by atoms with van der Waals surface area (Å²) in [7, 11) is 0. The Morgan fingerprint density at radius 2 is 1.65 bits per heavy atom. The van der Waals surface area contributed by atoms with E-state index in [1.54, 1.807) is 0 Å². The van der Waals surface area contributed by atoms with E-state index in [2.05, 4.69) is 71.9 Å². The van der Waals surface area contributed by atoms with Crippen molar-refractivity contribution in [2.45, 2.75) is 110 Å². The van der Waals surface area contributed by atoms with Gasteiger partial charge >= 0.3 is 5.97 Å². The first-order chi connectivity index (χ1) is 14.5. The summed E-state index contributed by atoms with van der Waals surface area (Å²) >= 11 is 0. The summed E-state index contributed by atoms with van der Waals surface area (Å²) in [6, 6.07) is 10.7. The molecule has 4 atom stereocenters. The molecule has 0 bridgehead atoms. The average Bonchev–Trinajstić information content (AvgIpc) is 3.41. The van der Waals surface area contributed by atoms with Crippen LogP contribution in [0.15, 0.2) is 30.3 Å². The third kappa shape index (κ3) is 4.58. The van der Waals surface area contributed by atoms with Crippen molar-refractivity contribution in [1.82, 2.24) is 0 Å². The summed E-state index contributed by atoms with van der Waals surface area (Å²) in [5.74, 6) is 1.54. The maximum absolute atomic E-state index is 13.2. The number of carbonyl (C=O) groups excluding carboxylic acids is 1. The van der Waals surface area contributed by atoms with E-state index in [1.807, 2.05) is 0 Å². The molecule has 172 valence electrons. The topological polar surface area (TPSA) is 38.8 Å². The molecule has 31 heavy (non-hydrogen) atoms. The maximum Gasteiger partial charge on any atom is 0.338 e. The Morgan fingerprint density at radius 1 is 1.00 bits per heavy atom. The molecule has 2 saturated carbocycles. The molecule has 1 aromatic carbocycles. The van der Waals surface area contributed by atoms with Gasteiger partial charge in [-0.1, -0.05) is 78.3 Å². The van der Waals surface area contributed by atoms with E-state index in [4.69, 9.17) is 9.47 Å². The number of benzene rings is 1. The van der Waals surface area contributed by atoms with Crippen LogP contribution in [-0.4, -0.2) is 23.8 Å². The molecule has 3 nitrogen and oxygen atoms in total. The normalized spacial score (nSPS) is 36.3. The number of epoxide rings is 1. The number of rotatable bonds is 4. The zero-order chi connectivity index (χ0) is 22.4. The highest BCUT2D eigenvalue weighted by Gasteiger charge is 2.63. The van der Waals surface area contributed by atoms with E-state index in [0.29, 0.717) is 23.2 Å². The van der Waals surface area contributed by atoms with Gasteiger partial charge in [-0.25, -0.2) is 4.79 Å². The van der Waals surface area contributed by atoms with Crippen LogP contribution >= 0.6 is 0 Å². The molecule has 0 amide bonds. The van der Waals surface area contributed by atoms with E-state index in [0.717, 1.165) is 38.5 Å². The van der Waals surface area contributed by atoms with Gasteiger partial charge in [-0.05, 0) is 66.8 Å². The number of hydrogen-bond acceptors (Lipinski definition) is 3. The van der Waals surface area contributed by atoms with Gasteiger partial charge in [0.05, 0.1) is 0 Å². The lowest BCUT2D eigenvalue weighted by molar-refractivity contribution is -0.158. The number of carbonyl (C=O) groups is 1. The van der Waals surface area contributed by atoms with Crippen LogP contribution in [0.1, 0.15) is 92.1 Å². The molecule has 0 unspecified atom stereocenters. The van der Waals surface area contributed by atoms with Crippen molar-refractivity contribution >= 4 is 5.97 Å². The molecule has 3 aliphatic rings. The number of hydrogen-bond donors (Lipinski definition) is 0. The van der Waals surface area contributed by atoms with Crippen LogP contribution in [0, 0.1) is 23.2 Å². The molecule has 1 aliphatic heterocycles. The van der Waals surface area contributed by atoms with Crippen molar-refractivity contribution in [3.8, 4) is 0 Å². The molecule has 1 saturated heterocycles. The summed E-state index contributed by atoms with van der Waals surface area (Å²) in [5.41, 5.74) is 1.40. The van der Waals surface area contributed by atoms with Crippen LogP contribution < -0.4 is 0 Å². The van der Waals surface area contributed by atoms with Crippen LogP contribution in [-0.2, 0) is 19.7 Å². The van der Waals surface area contributed by atoms with Crippen LogP contribution in [0.3, 0.4) is 0 Å². The first-order valence-electron chi connectivity index (χ1n) is 12.5. The highest BCUT2D eigenvalue weighted by Crippen LogP contribution is 2.53. The summed E-state index contributed by atoms with van der Waals surface area (Å²) < 4.78 is 12.3. The number of esters is 1. The minimum absolute atomic E-state index is 0.0286. The molecular formula is C28H42O3. The Labute approximate surface area is 189 Å². The van der Waals surface area contributed by atoms with Crippen molar-refractivity contribution in [1.29, 1.82) is 0 Å². The van der Waals surface area contributed by atoms with E-state index >= 15 is 0 Å². The molecule has 1 heterocycles. The van der Waals surface area contributed by atoms with Crippen LogP contribution in [0.2, 0.25) is 0 Å². The lowest BCUT2D eigenvalue weighted by Crippen LogP contribution is -2.44. The van der Waals surface area contributed by atoms with Crippen LogP contribution in [0.5, 0.6) is 0 Å². The fourth-order valence-electron chi connectivity index (χ4n) is 6.39. The van der Waals surface area contributed by atoms with Crippen molar-refractivity contribution in [3.63, 3.8) is 0 Å². The third-order valence-corrected chi connectivity index (χ3v) is 8.81. The van der Waals surface area contributed by atoms with Gasteiger partial charge in [0, 0.05) is 5.92 Å². The van der Waals surface area contributed by atoms with E-state index in [9.17, 15) is 4.79 Å². The maximum atomic E-state index is 13.2. The average molecular weight is 427 g/mol. The van der Waals surface area contributed by atoms with Gasteiger partial charge in [-0.2, -0.15) is 0 Å². The highest BCUT2D eigenvalue weighted by molar-refractivity contribution is 5.79. The quantitative estimate of drug-likeness (QED) is 0.398. The highest BCUT2D eigenvalue weighted by atomic mass is 16.7. The monoisotopic (exact) mass is 426 g/mol. The molecule has 2 aliphatic carbocycles. The second-order valence-corrected chi connectivity index (χ2v) is 12.3. The van der Waals surface area contributed by atoms with Gasteiger partial charge in [0.25, 0.3) is 0 Å². The van der Waals surface area contributed by atoms with Crippen molar-refractivity contribution < 1.29 is 14.3 Å². The first kappa shape index (κ1) is 22.8. The standard InChI is InChI=1S/C28H42O3/c1-19-12-13-22(27(5,6)21-10-8-7-9-11-21)23(18-19)30-25(29)24-28(31-24)16-14-20(15-17-28)26(2,3)4/h7-11,19-20,22-24H,12-18H2,1-6H3/t19-,20?,22-,23-,24+,28?/m1/s1. The number of ether oxygens (including phenoxy) is 2. The smallest absolute Gasteiger partial charge is 0.338 e. The van der Waals surface area contributed by atoms with Crippen LogP contribution in [0.4, 0.5) is 0 Å².